The van der Waals surface area contributed by atoms with Crippen LogP contribution in [0.3, 0.4) is 0 Å². The molecule has 3 heterocycles. The van der Waals surface area contributed by atoms with Crippen molar-refractivity contribution in [3.05, 3.63) is 109 Å². The monoisotopic (exact) mass is 609 g/mol. The van der Waals surface area contributed by atoms with Crippen molar-refractivity contribution >= 4 is 75.4 Å². The number of carbonyl (C=O) groups excluding carboxylic acids is 3. The molecular weight excluding hydrogens is 589 g/mol. The molecule has 1 N–H and O–H groups in total. The molecule has 11 heteroatoms. The van der Waals surface area contributed by atoms with Gasteiger partial charge in [0.15, 0.2) is 0 Å². The second-order valence-electron chi connectivity index (χ2n) is 9.57. The molecule has 0 saturated carbocycles. The van der Waals surface area contributed by atoms with Crippen molar-refractivity contribution in [2.75, 3.05) is 10.2 Å². The van der Waals surface area contributed by atoms with Gasteiger partial charge in [-0.25, -0.2) is 4.90 Å². The predicted molar refractivity (Wildman–Crippen MR) is 159 cm³/mol. The number of thioether (sulfide) groups is 1. The first kappa shape index (κ1) is 26.8. The number of aryl methyl sites for hydroxylation is 1. The maximum absolute atomic E-state index is 13.9. The van der Waals surface area contributed by atoms with Crippen molar-refractivity contribution < 1.29 is 14.4 Å². The van der Waals surface area contributed by atoms with Gasteiger partial charge in [0.05, 0.1) is 26.7 Å². The number of amides is 3. The van der Waals surface area contributed by atoms with E-state index in [2.05, 4.69) is 5.32 Å². The summed E-state index contributed by atoms with van der Waals surface area (Å²) in [6, 6.07) is 21.2. The Labute approximate surface area is 247 Å². The second kappa shape index (κ2) is 10.6. The number of imide groups is 1. The quantitative estimate of drug-likeness (QED) is 0.282. The lowest BCUT2D eigenvalue weighted by molar-refractivity contribution is -0.122. The van der Waals surface area contributed by atoms with E-state index in [4.69, 9.17) is 23.2 Å². The lowest BCUT2D eigenvalue weighted by Gasteiger charge is -2.31. The van der Waals surface area contributed by atoms with E-state index in [0.717, 1.165) is 28.7 Å². The molecule has 6 rings (SSSR count). The SMILES string of the molecule is Cc1cccc(NC(=O)Cn2c3c(sc2=O)[C@H](c2cccc(Cl)c2Cl)C2C(=O)N(c4ccccc4)C(=O)C2S3)c1. The molecule has 0 bridgehead atoms. The third-order valence-electron chi connectivity index (χ3n) is 6.98. The van der Waals surface area contributed by atoms with Gasteiger partial charge in [-0.1, -0.05) is 88.8 Å². The van der Waals surface area contributed by atoms with Crippen LogP contribution in [0.1, 0.15) is 21.9 Å². The zero-order chi connectivity index (χ0) is 28.1. The summed E-state index contributed by atoms with van der Waals surface area (Å²) in [7, 11) is 0. The van der Waals surface area contributed by atoms with Gasteiger partial charge in [0.25, 0.3) is 0 Å². The summed E-state index contributed by atoms with van der Waals surface area (Å²) in [6.07, 6.45) is 0. The first-order chi connectivity index (χ1) is 19.2. The first-order valence-corrected chi connectivity index (χ1v) is 14.8. The van der Waals surface area contributed by atoms with Gasteiger partial charge < -0.3 is 5.32 Å². The highest BCUT2D eigenvalue weighted by Crippen LogP contribution is 2.55. The van der Waals surface area contributed by atoms with Crippen molar-refractivity contribution in [3.63, 3.8) is 0 Å². The summed E-state index contributed by atoms with van der Waals surface area (Å²) in [5.41, 5.74) is 2.63. The van der Waals surface area contributed by atoms with Gasteiger partial charge in [-0.3, -0.25) is 23.7 Å². The third-order valence-corrected chi connectivity index (χ3v) is 10.4. The van der Waals surface area contributed by atoms with Crippen molar-refractivity contribution in [3.8, 4) is 0 Å². The number of aromatic nitrogens is 1. The summed E-state index contributed by atoms with van der Waals surface area (Å²) >= 11 is 15.1. The van der Waals surface area contributed by atoms with Crippen LogP contribution in [0.2, 0.25) is 10.0 Å². The highest BCUT2D eigenvalue weighted by atomic mass is 35.5. The number of para-hydroxylation sites is 1. The standard InChI is InChI=1S/C29H21Cl2N3O4S2/c1-15-7-5-8-16(13-15)32-20(35)14-33-28-25(40-29(33)38)21(18-11-6-12-19(30)23(18)31)22-24(39-28)27(37)34(26(22)36)17-9-3-2-4-10-17/h2-13,21-22,24H,14H2,1H3,(H,32,35)/t21-,22?,24?/m1/s1. The number of nitrogens with zero attached hydrogens (tertiary/aromatic N) is 2. The molecule has 1 aromatic heterocycles. The van der Waals surface area contributed by atoms with Crippen LogP contribution in [0.4, 0.5) is 11.4 Å². The van der Waals surface area contributed by atoms with Crippen LogP contribution in [0, 0.1) is 12.8 Å². The number of halogens is 2. The number of hydrogen-bond donors (Lipinski definition) is 1. The van der Waals surface area contributed by atoms with Crippen LogP contribution in [0.15, 0.2) is 82.6 Å². The van der Waals surface area contributed by atoms with Gasteiger partial charge in [-0.2, -0.15) is 0 Å². The van der Waals surface area contributed by atoms with E-state index in [9.17, 15) is 19.2 Å². The summed E-state index contributed by atoms with van der Waals surface area (Å²) in [5, 5.41) is 3.05. The molecule has 40 heavy (non-hydrogen) atoms. The Balaban J connectivity index is 1.44. The molecule has 1 saturated heterocycles. The number of hydrogen-bond acceptors (Lipinski definition) is 6. The van der Waals surface area contributed by atoms with Gasteiger partial charge in [0, 0.05) is 16.5 Å². The minimum absolute atomic E-state index is 0.246. The van der Waals surface area contributed by atoms with Gasteiger partial charge >= 0.3 is 4.87 Å². The Morgan fingerprint density at radius 3 is 2.45 bits per heavy atom. The van der Waals surface area contributed by atoms with E-state index in [1.54, 1.807) is 48.5 Å². The Bertz CT molecular complexity index is 1740. The van der Waals surface area contributed by atoms with Crippen LogP contribution < -0.4 is 15.1 Å². The molecule has 0 aliphatic carbocycles. The molecule has 2 aliphatic rings. The van der Waals surface area contributed by atoms with Crippen molar-refractivity contribution in [2.24, 2.45) is 5.92 Å². The topological polar surface area (TPSA) is 88.5 Å². The zero-order valence-electron chi connectivity index (χ0n) is 21.0. The fourth-order valence-corrected chi connectivity index (χ4v) is 8.44. The molecule has 2 aliphatic heterocycles. The molecule has 3 aromatic carbocycles. The van der Waals surface area contributed by atoms with E-state index in [1.165, 1.54) is 9.47 Å². The lowest BCUT2D eigenvalue weighted by Crippen LogP contribution is -2.33. The number of rotatable bonds is 5. The molecule has 202 valence electrons. The highest BCUT2D eigenvalue weighted by molar-refractivity contribution is 8.00. The van der Waals surface area contributed by atoms with Crippen LogP contribution in [0.5, 0.6) is 0 Å². The van der Waals surface area contributed by atoms with Crippen LogP contribution >= 0.6 is 46.3 Å². The molecule has 2 unspecified atom stereocenters. The molecule has 1 fully saturated rings. The fourth-order valence-electron chi connectivity index (χ4n) is 5.25. The van der Waals surface area contributed by atoms with E-state index >= 15 is 0 Å². The van der Waals surface area contributed by atoms with Crippen LogP contribution in [0.25, 0.3) is 0 Å². The molecule has 0 radical (unpaired) electrons. The van der Waals surface area contributed by atoms with Gasteiger partial charge in [0.1, 0.15) is 11.8 Å². The molecule has 7 nitrogen and oxygen atoms in total. The number of benzene rings is 3. The van der Waals surface area contributed by atoms with Gasteiger partial charge in [-0.15, -0.1) is 0 Å². The van der Waals surface area contributed by atoms with Crippen LogP contribution in [-0.2, 0) is 20.9 Å². The second-order valence-corrected chi connectivity index (χ2v) is 12.5. The minimum atomic E-state index is -0.819. The third kappa shape index (κ3) is 4.56. The highest BCUT2D eigenvalue weighted by Gasteiger charge is 2.57. The normalized spacial score (nSPS) is 19.9. The first-order valence-electron chi connectivity index (χ1n) is 12.4. The molecule has 3 amide bonds. The summed E-state index contributed by atoms with van der Waals surface area (Å²) in [4.78, 5) is 55.4. The Morgan fingerprint density at radius 1 is 0.950 bits per heavy atom. The van der Waals surface area contributed by atoms with Crippen molar-refractivity contribution in [1.29, 1.82) is 0 Å². The zero-order valence-corrected chi connectivity index (χ0v) is 24.1. The fraction of sp³-hybridized carbons (Fsp3) is 0.172. The van der Waals surface area contributed by atoms with Crippen molar-refractivity contribution in [2.45, 2.75) is 29.7 Å². The van der Waals surface area contributed by atoms with E-state index in [0.29, 0.717) is 31.9 Å². The van der Waals surface area contributed by atoms with Crippen LogP contribution in [-0.4, -0.2) is 27.5 Å². The lowest BCUT2D eigenvalue weighted by atomic mass is 9.83. The average Bonchev–Trinajstić information content (AvgIpc) is 3.37. The number of nitrogens with one attached hydrogen (secondary N) is 1. The number of fused-ring (bicyclic) bond motifs is 2. The molecular formula is C29H21Cl2N3O4S2. The Hall–Kier alpha value is -3.37. The largest absolute Gasteiger partial charge is 0.325 e. The number of anilines is 2. The molecule has 4 aromatic rings. The smallest absolute Gasteiger partial charge is 0.308 e. The summed E-state index contributed by atoms with van der Waals surface area (Å²) in [5.74, 6) is -2.64. The van der Waals surface area contributed by atoms with E-state index in [1.807, 2.05) is 31.2 Å². The maximum atomic E-state index is 13.9. The Morgan fingerprint density at radius 2 is 1.70 bits per heavy atom. The summed E-state index contributed by atoms with van der Waals surface area (Å²) in [6.45, 7) is 1.67. The summed E-state index contributed by atoms with van der Waals surface area (Å²) < 4.78 is 1.38. The van der Waals surface area contributed by atoms with Gasteiger partial charge in [-0.05, 0) is 48.4 Å². The van der Waals surface area contributed by atoms with Gasteiger partial charge in [0.2, 0.25) is 17.7 Å². The Kier molecular flexibility index (Phi) is 7.08. The average molecular weight is 611 g/mol. The molecule has 0 spiro atoms. The van der Waals surface area contributed by atoms with Crippen molar-refractivity contribution in [1.82, 2.24) is 4.57 Å². The predicted octanol–water partition coefficient (Wildman–Crippen LogP) is 5.96. The van der Waals surface area contributed by atoms with E-state index < -0.39 is 17.1 Å². The number of thiazole rings is 1. The van der Waals surface area contributed by atoms with E-state index in [-0.39, 0.29) is 34.2 Å². The minimum Gasteiger partial charge on any atom is -0.325 e. The number of carbonyl (C=O) groups is 3. The maximum Gasteiger partial charge on any atom is 0.308 e. The molecule has 3 atom stereocenters.